The van der Waals surface area contributed by atoms with Gasteiger partial charge in [-0.25, -0.2) is 4.98 Å². The molecular formula is C11H19N3. The highest BCUT2D eigenvalue weighted by atomic mass is 14.9. The molecule has 0 aliphatic carbocycles. The summed E-state index contributed by atoms with van der Waals surface area (Å²) in [5.41, 5.74) is 7.97. The van der Waals surface area contributed by atoms with Gasteiger partial charge in [-0.15, -0.1) is 0 Å². The molecular weight excluding hydrogens is 174 g/mol. The molecule has 14 heavy (non-hydrogen) atoms. The molecule has 1 heterocycles. The van der Waals surface area contributed by atoms with Crippen LogP contribution in [0, 0.1) is 0 Å². The molecule has 1 aromatic rings. The van der Waals surface area contributed by atoms with Crippen molar-refractivity contribution in [3.8, 4) is 0 Å². The molecule has 1 rings (SSSR count). The van der Waals surface area contributed by atoms with Crippen LogP contribution >= 0.6 is 0 Å². The molecule has 3 nitrogen and oxygen atoms in total. The maximum Gasteiger partial charge on any atom is 0.123 e. The summed E-state index contributed by atoms with van der Waals surface area (Å²) >= 11 is 0. The fourth-order valence-corrected chi connectivity index (χ4v) is 1.28. The topological polar surface area (TPSA) is 50.9 Å². The standard InChI is InChI=1S/C11H19N3/c1-4-10-5-9(6-11(12)14-10)7-13-8(2)3/h5-6,8,13H,4,7H2,1-3H3,(H2,12,14). The first-order valence-corrected chi connectivity index (χ1v) is 5.10. The van der Waals surface area contributed by atoms with E-state index >= 15 is 0 Å². The Labute approximate surface area is 85.7 Å². The highest BCUT2D eigenvalue weighted by Gasteiger charge is 2.00. The van der Waals surface area contributed by atoms with Gasteiger partial charge in [-0.05, 0) is 24.1 Å². The molecule has 0 bridgehead atoms. The second-order valence-electron chi connectivity index (χ2n) is 3.78. The van der Waals surface area contributed by atoms with E-state index in [0.717, 1.165) is 18.7 Å². The first-order chi connectivity index (χ1) is 6.61. The minimum absolute atomic E-state index is 0.495. The fraction of sp³-hybridized carbons (Fsp3) is 0.545. The maximum absolute atomic E-state index is 5.70. The van der Waals surface area contributed by atoms with Gasteiger partial charge in [-0.2, -0.15) is 0 Å². The molecule has 0 unspecified atom stereocenters. The van der Waals surface area contributed by atoms with Crippen molar-refractivity contribution in [2.75, 3.05) is 5.73 Å². The maximum atomic E-state index is 5.70. The number of aromatic nitrogens is 1. The number of nitrogen functional groups attached to an aromatic ring is 1. The monoisotopic (exact) mass is 193 g/mol. The van der Waals surface area contributed by atoms with Crippen molar-refractivity contribution in [2.45, 2.75) is 39.8 Å². The second kappa shape index (κ2) is 4.96. The van der Waals surface area contributed by atoms with Crippen LogP contribution in [0.5, 0.6) is 0 Å². The zero-order valence-electron chi connectivity index (χ0n) is 9.17. The highest BCUT2D eigenvalue weighted by molar-refractivity contribution is 5.34. The van der Waals surface area contributed by atoms with Crippen LogP contribution in [0.3, 0.4) is 0 Å². The summed E-state index contributed by atoms with van der Waals surface area (Å²) in [6, 6.07) is 4.52. The lowest BCUT2D eigenvalue weighted by atomic mass is 10.2. The first kappa shape index (κ1) is 11.0. The van der Waals surface area contributed by atoms with E-state index in [1.807, 2.05) is 6.07 Å². The van der Waals surface area contributed by atoms with Gasteiger partial charge in [0, 0.05) is 18.3 Å². The van der Waals surface area contributed by atoms with E-state index in [-0.39, 0.29) is 0 Å². The lowest BCUT2D eigenvalue weighted by Crippen LogP contribution is -2.22. The Morgan fingerprint density at radius 2 is 2.14 bits per heavy atom. The number of hydrogen-bond acceptors (Lipinski definition) is 3. The van der Waals surface area contributed by atoms with Crippen molar-refractivity contribution in [1.82, 2.24) is 10.3 Å². The first-order valence-electron chi connectivity index (χ1n) is 5.10. The van der Waals surface area contributed by atoms with Crippen LogP contribution < -0.4 is 11.1 Å². The minimum atomic E-state index is 0.495. The third-order valence-corrected chi connectivity index (χ3v) is 2.03. The summed E-state index contributed by atoms with van der Waals surface area (Å²) < 4.78 is 0. The molecule has 0 fully saturated rings. The van der Waals surface area contributed by atoms with E-state index in [1.165, 1.54) is 5.56 Å². The molecule has 3 N–H and O–H groups in total. The van der Waals surface area contributed by atoms with Gasteiger partial charge in [0.1, 0.15) is 5.82 Å². The van der Waals surface area contributed by atoms with Gasteiger partial charge in [-0.1, -0.05) is 20.8 Å². The lowest BCUT2D eigenvalue weighted by molar-refractivity contribution is 0.588. The van der Waals surface area contributed by atoms with E-state index in [9.17, 15) is 0 Å². The van der Waals surface area contributed by atoms with Crippen LogP contribution in [0.1, 0.15) is 32.0 Å². The Morgan fingerprint density at radius 1 is 1.43 bits per heavy atom. The van der Waals surface area contributed by atoms with Gasteiger partial charge in [0.05, 0.1) is 0 Å². The lowest BCUT2D eigenvalue weighted by Gasteiger charge is -2.09. The highest BCUT2D eigenvalue weighted by Crippen LogP contribution is 2.08. The molecule has 3 heteroatoms. The number of rotatable bonds is 4. The van der Waals surface area contributed by atoms with Crippen molar-refractivity contribution >= 4 is 5.82 Å². The zero-order valence-corrected chi connectivity index (χ0v) is 9.17. The molecule has 0 atom stereocenters. The normalized spacial score (nSPS) is 10.9. The summed E-state index contributed by atoms with van der Waals surface area (Å²) in [6.45, 7) is 7.20. The SMILES string of the molecule is CCc1cc(CNC(C)C)cc(N)n1. The number of pyridine rings is 1. The number of nitrogens with zero attached hydrogens (tertiary/aromatic N) is 1. The Bertz CT molecular complexity index is 295. The smallest absolute Gasteiger partial charge is 0.123 e. The van der Waals surface area contributed by atoms with Crippen molar-refractivity contribution in [3.05, 3.63) is 23.4 Å². The van der Waals surface area contributed by atoms with Crippen LogP contribution in [0.2, 0.25) is 0 Å². The molecule has 0 aliphatic heterocycles. The predicted molar refractivity (Wildman–Crippen MR) is 60.0 cm³/mol. The molecule has 0 aliphatic rings. The molecule has 0 amide bonds. The fourth-order valence-electron chi connectivity index (χ4n) is 1.28. The van der Waals surface area contributed by atoms with Crippen LogP contribution in [0.25, 0.3) is 0 Å². The summed E-state index contributed by atoms with van der Waals surface area (Å²) in [5, 5.41) is 3.36. The van der Waals surface area contributed by atoms with Gasteiger partial charge >= 0.3 is 0 Å². The van der Waals surface area contributed by atoms with Crippen molar-refractivity contribution in [2.24, 2.45) is 0 Å². The molecule has 0 saturated heterocycles. The summed E-state index contributed by atoms with van der Waals surface area (Å²) in [4.78, 5) is 4.23. The van der Waals surface area contributed by atoms with Crippen LogP contribution in [0.4, 0.5) is 5.82 Å². The molecule has 0 aromatic carbocycles. The second-order valence-corrected chi connectivity index (χ2v) is 3.78. The van der Waals surface area contributed by atoms with E-state index < -0.39 is 0 Å². The third-order valence-electron chi connectivity index (χ3n) is 2.03. The van der Waals surface area contributed by atoms with Crippen molar-refractivity contribution in [1.29, 1.82) is 0 Å². The molecule has 0 saturated carbocycles. The zero-order chi connectivity index (χ0) is 10.6. The number of aryl methyl sites for hydroxylation is 1. The minimum Gasteiger partial charge on any atom is -0.384 e. The summed E-state index contributed by atoms with van der Waals surface area (Å²) in [7, 11) is 0. The average molecular weight is 193 g/mol. The molecule has 78 valence electrons. The number of anilines is 1. The number of nitrogens with one attached hydrogen (secondary N) is 1. The largest absolute Gasteiger partial charge is 0.384 e. The van der Waals surface area contributed by atoms with Crippen LogP contribution in [0.15, 0.2) is 12.1 Å². The Morgan fingerprint density at radius 3 is 2.71 bits per heavy atom. The molecule has 1 aromatic heterocycles. The Kier molecular flexibility index (Phi) is 3.89. The van der Waals surface area contributed by atoms with Crippen LogP contribution in [-0.2, 0) is 13.0 Å². The van der Waals surface area contributed by atoms with E-state index in [2.05, 4.69) is 37.1 Å². The number of hydrogen-bond donors (Lipinski definition) is 2. The summed E-state index contributed by atoms with van der Waals surface area (Å²) in [5.74, 6) is 0.616. The molecule has 0 spiro atoms. The average Bonchev–Trinajstić information content (AvgIpc) is 2.14. The van der Waals surface area contributed by atoms with Crippen molar-refractivity contribution in [3.63, 3.8) is 0 Å². The van der Waals surface area contributed by atoms with Crippen molar-refractivity contribution < 1.29 is 0 Å². The quantitative estimate of drug-likeness (QED) is 0.765. The molecule has 0 radical (unpaired) electrons. The Hall–Kier alpha value is -1.09. The van der Waals surface area contributed by atoms with Gasteiger partial charge in [0.25, 0.3) is 0 Å². The summed E-state index contributed by atoms with van der Waals surface area (Å²) in [6.07, 6.45) is 0.930. The van der Waals surface area contributed by atoms with Crippen LogP contribution in [-0.4, -0.2) is 11.0 Å². The third kappa shape index (κ3) is 3.34. The van der Waals surface area contributed by atoms with E-state index in [4.69, 9.17) is 5.73 Å². The Balaban J connectivity index is 2.71. The van der Waals surface area contributed by atoms with E-state index in [1.54, 1.807) is 0 Å². The van der Waals surface area contributed by atoms with Gasteiger partial charge in [-0.3, -0.25) is 0 Å². The predicted octanol–water partition coefficient (Wildman–Crippen LogP) is 1.72. The van der Waals surface area contributed by atoms with Gasteiger partial charge in [0.15, 0.2) is 0 Å². The number of nitrogens with two attached hydrogens (primary N) is 1. The van der Waals surface area contributed by atoms with Gasteiger partial charge < -0.3 is 11.1 Å². The van der Waals surface area contributed by atoms with Gasteiger partial charge in [0.2, 0.25) is 0 Å². The van der Waals surface area contributed by atoms with E-state index in [0.29, 0.717) is 11.9 Å².